The molecule has 9 heteroatoms. The minimum Gasteiger partial charge on any atom is -0.383 e. The smallest absolute Gasteiger partial charge is 0.351 e. The maximum Gasteiger partial charge on any atom is 0.351 e. The van der Waals surface area contributed by atoms with Crippen LogP contribution in [0.2, 0.25) is 0 Å². The van der Waals surface area contributed by atoms with E-state index >= 15 is 0 Å². The Morgan fingerprint density at radius 2 is 2.30 bits per heavy atom. The molecule has 0 spiro atoms. The molecule has 0 unspecified atom stereocenters. The second-order valence-corrected chi connectivity index (χ2v) is 3.99. The van der Waals surface area contributed by atoms with Gasteiger partial charge in [-0.1, -0.05) is 0 Å². The quantitative estimate of drug-likeness (QED) is 0.684. The van der Waals surface area contributed by atoms with Crippen LogP contribution in [0.4, 0.5) is 5.82 Å². The van der Waals surface area contributed by atoms with E-state index in [0.717, 1.165) is 0 Å². The number of hydrogen-bond acceptors (Lipinski definition) is 8. The standard InChI is InChI=1S/C11H17N3O6/c1-16-11(17-2)19-6-9-18-5-8(20-9)14-4-3-7(12)13-10(14)15/h3-4,8-9,11H,5-6H2,1-2H3,(H2,12,13,15)/t8-,9-/m0/s1. The lowest BCUT2D eigenvalue weighted by Crippen LogP contribution is -2.29. The van der Waals surface area contributed by atoms with Gasteiger partial charge in [-0.3, -0.25) is 4.57 Å². The van der Waals surface area contributed by atoms with Crippen LogP contribution in [-0.2, 0) is 23.7 Å². The van der Waals surface area contributed by atoms with Gasteiger partial charge in [0, 0.05) is 20.4 Å². The number of nitrogens with zero attached hydrogens (tertiary/aromatic N) is 2. The largest absolute Gasteiger partial charge is 0.383 e. The highest BCUT2D eigenvalue weighted by Gasteiger charge is 2.29. The number of methoxy groups -OCH3 is 2. The van der Waals surface area contributed by atoms with Crippen LogP contribution in [0, 0.1) is 0 Å². The average molecular weight is 287 g/mol. The van der Waals surface area contributed by atoms with E-state index in [4.69, 9.17) is 29.4 Å². The Hall–Kier alpha value is -1.52. The highest BCUT2D eigenvalue weighted by molar-refractivity contribution is 5.23. The Morgan fingerprint density at radius 1 is 1.55 bits per heavy atom. The predicted molar refractivity (Wildman–Crippen MR) is 66.5 cm³/mol. The fraction of sp³-hybridized carbons (Fsp3) is 0.636. The maximum absolute atomic E-state index is 11.7. The van der Waals surface area contributed by atoms with Crippen molar-refractivity contribution in [3.63, 3.8) is 0 Å². The van der Waals surface area contributed by atoms with Crippen LogP contribution >= 0.6 is 0 Å². The minimum atomic E-state index is -0.790. The fourth-order valence-electron chi connectivity index (χ4n) is 1.71. The van der Waals surface area contributed by atoms with E-state index in [1.807, 2.05) is 0 Å². The number of nitrogens with two attached hydrogens (primary N) is 1. The van der Waals surface area contributed by atoms with Crippen LogP contribution in [0.3, 0.4) is 0 Å². The van der Waals surface area contributed by atoms with Crippen molar-refractivity contribution in [2.45, 2.75) is 19.0 Å². The van der Waals surface area contributed by atoms with Crippen molar-refractivity contribution in [2.24, 2.45) is 0 Å². The highest BCUT2D eigenvalue weighted by Crippen LogP contribution is 2.20. The zero-order valence-electron chi connectivity index (χ0n) is 11.2. The summed E-state index contributed by atoms with van der Waals surface area (Å²) in [6.07, 6.45) is 0.333. The molecule has 0 aliphatic carbocycles. The topological polar surface area (TPSA) is 107 Å². The molecule has 1 aromatic rings. The Morgan fingerprint density at radius 3 is 2.95 bits per heavy atom. The van der Waals surface area contributed by atoms with Crippen LogP contribution in [0.5, 0.6) is 0 Å². The molecule has 1 fully saturated rings. The van der Waals surface area contributed by atoms with Gasteiger partial charge in [-0.2, -0.15) is 4.98 Å². The van der Waals surface area contributed by atoms with E-state index in [1.165, 1.54) is 31.0 Å². The summed E-state index contributed by atoms with van der Waals surface area (Å²) >= 11 is 0. The molecule has 2 heterocycles. The van der Waals surface area contributed by atoms with Gasteiger partial charge < -0.3 is 29.4 Å². The molecule has 0 saturated carbocycles. The lowest BCUT2D eigenvalue weighted by atomic mass is 10.5. The third kappa shape index (κ3) is 3.52. The van der Waals surface area contributed by atoms with Crippen LogP contribution < -0.4 is 11.4 Å². The highest BCUT2D eigenvalue weighted by atomic mass is 16.8. The van der Waals surface area contributed by atoms with E-state index in [1.54, 1.807) is 0 Å². The van der Waals surface area contributed by atoms with E-state index in [-0.39, 0.29) is 19.0 Å². The predicted octanol–water partition coefficient (Wildman–Crippen LogP) is -0.710. The molecule has 1 aromatic heterocycles. The molecule has 2 atom stereocenters. The third-order valence-corrected chi connectivity index (χ3v) is 2.65. The molecule has 2 N–H and O–H groups in total. The van der Waals surface area contributed by atoms with Gasteiger partial charge in [0.05, 0.1) is 6.61 Å². The molecule has 0 aromatic carbocycles. The number of anilines is 1. The van der Waals surface area contributed by atoms with Gasteiger partial charge in [0.1, 0.15) is 12.4 Å². The first-order valence-corrected chi connectivity index (χ1v) is 5.93. The average Bonchev–Trinajstić information content (AvgIpc) is 2.88. The summed E-state index contributed by atoms with van der Waals surface area (Å²) in [6, 6.07) is 1.51. The second kappa shape index (κ2) is 6.77. The van der Waals surface area contributed by atoms with E-state index < -0.39 is 24.7 Å². The van der Waals surface area contributed by atoms with Crippen LogP contribution in [-0.4, -0.2) is 49.8 Å². The molecule has 0 radical (unpaired) electrons. The van der Waals surface area contributed by atoms with Crippen molar-refractivity contribution in [2.75, 3.05) is 33.2 Å². The maximum atomic E-state index is 11.7. The monoisotopic (exact) mass is 287 g/mol. The summed E-state index contributed by atoms with van der Waals surface area (Å²) in [5.74, 6) is 0.160. The van der Waals surface area contributed by atoms with Gasteiger partial charge in [-0.25, -0.2) is 4.79 Å². The lowest BCUT2D eigenvalue weighted by Gasteiger charge is -2.17. The fourth-order valence-corrected chi connectivity index (χ4v) is 1.71. The first kappa shape index (κ1) is 14.9. The molecule has 1 aliphatic rings. The number of nitrogen functional groups attached to an aromatic ring is 1. The van der Waals surface area contributed by atoms with Crippen molar-refractivity contribution < 1.29 is 23.7 Å². The van der Waals surface area contributed by atoms with Crippen molar-refractivity contribution in [3.05, 3.63) is 22.7 Å². The van der Waals surface area contributed by atoms with Crippen LogP contribution in [0.25, 0.3) is 0 Å². The molecular weight excluding hydrogens is 270 g/mol. The van der Waals surface area contributed by atoms with Gasteiger partial charge in [-0.15, -0.1) is 0 Å². The van der Waals surface area contributed by atoms with E-state index in [2.05, 4.69) is 4.98 Å². The molecule has 112 valence electrons. The molecular formula is C11H17N3O6. The molecule has 2 rings (SSSR count). The van der Waals surface area contributed by atoms with Crippen molar-refractivity contribution in [1.29, 1.82) is 0 Å². The summed E-state index contributed by atoms with van der Waals surface area (Å²) in [4.78, 5) is 15.3. The van der Waals surface area contributed by atoms with Crippen molar-refractivity contribution in [3.8, 4) is 0 Å². The van der Waals surface area contributed by atoms with Crippen molar-refractivity contribution in [1.82, 2.24) is 9.55 Å². The summed E-state index contributed by atoms with van der Waals surface area (Å²) in [5, 5.41) is 0. The molecule has 1 saturated heterocycles. The van der Waals surface area contributed by atoms with Gasteiger partial charge in [-0.05, 0) is 6.07 Å². The third-order valence-electron chi connectivity index (χ3n) is 2.65. The minimum absolute atomic E-state index is 0.111. The molecule has 0 bridgehead atoms. The number of rotatable bonds is 6. The number of ether oxygens (including phenoxy) is 5. The first-order chi connectivity index (χ1) is 9.63. The lowest BCUT2D eigenvalue weighted by molar-refractivity contribution is -0.284. The summed E-state index contributed by atoms with van der Waals surface area (Å²) in [7, 11) is 2.90. The molecule has 1 aliphatic heterocycles. The normalized spacial score (nSPS) is 22.6. The molecule has 20 heavy (non-hydrogen) atoms. The molecule has 0 amide bonds. The second-order valence-electron chi connectivity index (χ2n) is 3.99. The Balaban J connectivity index is 1.90. The zero-order valence-corrected chi connectivity index (χ0v) is 11.2. The van der Waals surface area contributed by atoms with Crippen LogP contribution in [0.15, 0.2) is 17.1 Å². The Labute approximate surface area is 115 Å². The number of aromatic nitrogens is 2. The SMILES string of the molecule is COC(OC)OC[C@H]1OC[C@@H](n2ccc(N)nc2=O)O1. The van der Waals surface area contributed by atoms with Gasteiger partial charge in [0.2, 0.25) is 0 Å². The summed E-state index contributed by atoms with van der Waals surface area (Å²) < 4.78 is 27.2. The van der Waals surface area contributed by atoms with Gasteiger partial charge in [0.25, 0.3) is 6.48 Å². The Bertz CT molecular complexity index is 489. The van der Waals surface area contributed by atoms with Crippen molar-refractivity contribution >= 4 is 5.82 Å². The zero-order chi connectivity index (χ0) is 14.5. The Kier molecular flexibility index (Phi) is 5.04. The van der Waals surface area contributed by atoms with E-state index in [0.29, 0.717) is 0 Å². The summed E-state index contributed by atoms with van der Waals surface area (Å²) in [5.41, 5.74) is 4.93. The first-order valence-electron chi connectivity index (χ1n) is 5.93. The van der Waals surface area contributed by atoms with E-state index in [9.17, 15) is 4.79 Å². The van der Waals surface area contributed by atoms with Gasteiger partial charge in [0.15, 0.2) is 12.5 Å². The van der Waals surface area contributed by atoms with Gasteiger partial charge >= 0.3 is 5.69 Å². The van der Waals surface area contributed by atoms with Crippen LogP contribution in [0.1, 0.15) is 6.23 Å². The number of hydrogen-bond donors (Lipinski definition) is 1. The molecule has 9 nitrogen and oxygen atoms in total. The summed E-state index contributed by atoms with van der Waals surface area (Å²) in [6.45, 7) is -0.466.